The summed E-state index contributed by atoms with van der Waals surface area (Å²) in [6, 6.07) is 0. The minimum absolute atomic E-state index is 0.0165. The number of aldehydes is 1. The second kappa shape index (κ2) is 11.3. The van der Waals surface area contributed by atoms with Gasteiger partial charge in [-0.25, -0.2) is 0 Å². The summed E-state index contributed by atoms with van der Waals surface area (Å²) in [6.07, 6.45) is 2.48. The molecule has 1 aliphatic heterocycles. The molecular formula is C26H42O8. The van der Waals surface area contributed by atoms with Gasteiger partial charge in [0.15, 0.2) is 6.29 Å². The fourth-order valence-electron chi connectivity index (χ4n) is 6.70. The van der Waals surface area contributed by atoms with Crippen molar-refractivity contribution in [1.82, 2.24) is 0 Å². The molecule has 0 radical (unpaired) electrons. The van der Waals surface area contributed by atoms with Crippen LogP contribution >= 0.6 is 0 Å². The van der Waals surface area contributed by atoms with Gasteiger partial charge in [-0.2, -0.15) is 0 Å². The van der Waals surface area contributed by atoms with Gasteiger partial charge in [-0.1, -0.05) is 37.5 Å². The Labute approximate surface area is 202 Å². The summed E-state index contributed by atoms with van der Waals surface area (Å²) < 4.78 is 11.8. The molecule has 2 aliphatic carbocycles. The zero-order valence-electron chi connectivity index (χ0n) is 20.7. The average molecular weight is 483 g/mol. The van der Waals surface area contributed by atoms with Crippen molar-refractivity contribution in [1.29, 1.82) is 0 Å². The molecule has 0 bridgehead atoms. The molecular weight excluding hydrogens is 440 g/mol. The third-order valence-corrected chi connectivity index (χ3v) is 8.46. The van der Waals surface area contributed by atoms with Crippen molar-refractivity contribution in [3.05, 3.63) is 22.8 Å². The minimum atomic E-state index is -1.41. The first-order chi connectivity index (χ1) is 16.1. The van der Waals surface area contributed by atoms with Crippen molar-refractivity contribution in [2.45, 2.75) is 96.4 Å². The highest BCUT2D eigenvalue weighted by atomic mass is 16.7. The molecule has 2 fully saturated rings. The van der Waals surface area contributed by atoms with Gasteiger partial charge >= 0.3 is 0 Å². The van der Waals surface area contributed by atoms with Crippen molar-refractivity contribution >= 4 is 6.29 Å². The van der Waals surface area contributed by atoms with E-state index in [9.17, 15) is 25.2 Å². The number of hydrogen-bond donors (Lipinski definition) is 5. The van der Waals surface area contributed by atoms with Crippen LogP contribution < -0.4 is 0 Å². The number of hydrogen-bond acceptors (Lipinski definition) is 8. The molecule has 0 aromatic heterocycles. The summed E-state index contributed by atoms with van der Waals surface area (Å²) in [5, 5.41) is 49.9. The van der Waals surface area contributed by atoms with Crippen molar-refractivity contribution in [2.24, 2.45) is 16.7 Å². The van der Waals surface area contributed by atoms with Crippen LogP contribution in [0.1, 0.15) is 65.7 Å². The first kappa shape index (κ1) is 27.5. The number of allylic oxidation sites excluding steroid dienone is 2. The Kier molecular flexibility index (Phi) is 9.12. The number of aliphatic hydroxyl groups excluding tert-OH is 5. The van der Waals surface area contributed by atoms with Crippen molar-refractivity contribution in [2.75, 3.05) is 19.8 Å². The van der Waals surface area contributed by atoms with E-state index in [4.69, 9.17) is 14.6 Å². The van der Waals surface area contributed by atoms with Crippen LogP contribution in [0.2, 0.25) is 0 Å². The zero-order valence-corrected chi connectivity index (χ0v) is 20.7. The number of carbonyl (C=O) groups is 1. The highest BCUT2D eigenvalue weighted by Gasteiger charge is 2.57. The first-order valence-corrected chi connectivity index (χ1v) is 12.5. The lowest BCUT2D eigenvalue weighted by atomic mass is 9.48. The van der Waals surface area contributed by atoms with Gasteiger partial charge in [0.2, 0.25) is 0 Å². The molecule has 5 N–H and O–H groups in total. The summed E-state index contributed by atoms with van der Waals surface area (Å²) in [5.41, 5.74) is 2.11. The van der Waals surface area contributed by atoms with Gasteiger partial charge in [0.25, 0.3) is 0 Å². The Morgan fingerprint density at radius 3 is 2.56 bits per heavy atom. The third-order valence-electron chi connectivity index (χ3n) is 8.46. The Bertz CT molecular complexity index is 779. The summed E-state index contributed by atoms with van der Waals surface area (Å²) in [4.78, 5) is 12.3. The Morgan fingerprint density at radius 1 is 1.18 bits per heavy atom. The molecule has 34 heavy (non-hydrogen) atoms. The van der Waals surface area contributed by atoms with Gasteiger partial charge in [0, 0.05) is 18.9 Å². The molecule has 0 aromatic rings. The van der Waals surface area contributed by atoms with Gasteiger partial charge in [-0.15, -0.1) is 0 Å². The fraction of sp³-hybridized carbons (Fsp3) is 0.808. The number of aliphatic hydroxyl groups is 5. The predicted octanol–water partition coefficient (Wildman–Crippen LogP) is 1.62. The van der Waals surface area contributed by atoms with Gasteiger partial charge in [0.1, 0.15) is 24.6 Å². The van der Waals surface area contributed by atoms with Crippen molar-refractivity contribution in [3.63, 3.8) is 0 Å². The summed E-state index contributed by atoms with van der Waals surface area (Å²) in [5.74, 6) is -0.119. The van der Waals surface area contributed by atoms with Crippen LogP contribution in [-0.4, -0.2) is 82.3 Å². The van der Waals surface area contributed by atoms with E-state index < -0.39 is 36.1 Å². The standard InChI is InChI=1S/C26H42O8/c1-16(8-11-27)6-4-7-18-17(13-28)12-20(34-24-22(32)21(31)19(30)14-33-24)23-25(2,15-29)9-5-10-26(18,23)3/h8,13,19-24,27,29-32H,4-7,9-12,14-15H2,1-3H3/b16-8-. The highest BCUT2D eigenvalue weighted by molar-refractivity contribution is 5.76. The maximum absolute atomic E-state index is 12.3. The topological polar surface area (TPSA) is 137 Å². The second-order valence-corrected chi connectivity index (χ2v) is 10.9. The van der Waals surface area contributed by atoms with Crippen LogP contribution in [0.4, 0.5) is 0 Å². The van der Waals surface area contributed by atoms with Crippen LogP contribution in [0.15, 0.2) is 22.8 Å². The molecule has 0 spiro atoms. The molecule has 194 valence electrons. The third kappa shape index (κ3) is 5.33. The van der Waals surface area contributed by atoms with Gasteiger partial charge in [0.05, 0.1) is 19.3 Å². The largest absolute Gasteiger partial charge is 0.396 e. The molecule has 3 rings (SSSR count). The molecule has 3 aliphatic rings. The van der Waals surface area contributed by atoms with Crippen LogP contribution in [-0.2, 0) is 14.3 Å². The normalized spacial score (nSPS) is 41.4. The number of rotatable bonds is 9. The molecule has 8 heteroatoms. The van der Waals surface area contributed by atoms with Crippen molar-refractivity contribution in [3.8, 4) is 0 Å². The molecule has 1 heterocycles. The van der Waals surface area contributed by atoms with E-state index in [0.717, 1.165) is 56.0 Å². The van der Waals surface area contributed by atoms with Crippen molar-refractivity contribution < 1.29 is 39.8 Å². The maximum Gasteiger partial charge on any atom is 0.186 e. The molecule has 1 saturated carbocycles. The fourth-order valence-corrected chi connectivity index (χ4v) is 6.70. The van der Waals surface area contributed by atoms with Crippen LogP contribution in [0.5, 0.6) is 0 Å². The molecule has 8 unspecified atom stereocenters. The van der Waals surface area contributed by atoms with E-state index in [-0.39, 0.29) is 31.2 Å². The van der Waals surface area contributed by atoms with Gasteiger partial charge in [-0.3, -0.25) is 4.79 Å². The summed E-state index contributed by atoms with van der Waals surface area (Å²) >= 11 is 0. The summed E-state index contributed by atoms with van der Waals surface area (Å²) in [6.45, 7) is 6.04. The SMILES string of the molecule is C/C(=C/CO)CCCC1=C(C=O)CC(OC2OCC(O)C(O)C2O)C2C(C)(CO)CCCC12C. The van der Waals surface area contributed by atoms with E-state index in [2.05, 4.69) is 13.8 Å². The van der Waals surface area contributed by atoms with E-state index in [1.165, 1.54) is 0 Å². The average Bonchev–Trinajstić information content (AvgIpc) is 2.80. The monoisotopic (exact) mass is 482 g/mol. The Morgan fingerprint density at radius 2 is 1.91 bits per heavy atom. The van der Waals surface area contributed by atoms with E-state index in [0.29, 0.717) is 12.0 Å². The first-order valence-electron chi connectivity index (χ1n) is 12.5. The lowest BCUT2D eigenvalue weighted by Crippen LogP contribution is -2.59. The lowest BCUT2D eigenvalue weighted by Gasteiger charge is -2.58. The van der Waals surface area contributed by atoms with E-state index in [1.807, 2.05) is 6.92 Å². The highest BCUT2D eigenvalue weighted by Crippen LogP contribution is 2.61. The smallest absolute Gasteiger partial charge is 0.186 e. The van der Waals surface area contributed by atoms with Crippen LogP contribution in [0.25, 0.3) is 0 Å². The lowest BCUT2D eigenvalue weighted by molar-refractivity contribution is -0.297. The molecule has 8 atom stereocenters. The molecule has 0 aromatic carbocycles. The van der Waals surface area contributed by atoms with E-state index in [1.54, 1.807) is 6.08 Å². The van der Waals surface area contributed by atoms with Gasteiger partial charge < -0.3 is 35.0 Å². The maximum atomic E-state index is 12.3. The number of carbonyl (C=O) groups excluding carboxylic acids is 1. The quantitative estimate of drug-likeness (QED) is 0.247. The van der Waals surface area contributed by atoms with Crippen LogP contribution in [0, 0.1) is 16.7 Å². The number of ether oxygens (including phenoxy) is 2. The summed E-state index contributed by atoms with van der Waals surface area (Å²) in [7, 11) is 0. The van der Waals surface area contributed by atoms with Crippen LogP contribution in [0.3, 0.4) is 0 Å². The van der Waals surface area contributed by atoms with Gasteiger partial charge in [-0.05, 0) is 55.4 Å². The minimum Gasteiger partial charge on any atom is -0.396 e. The number of fused-ring (bicyclic) bond motifs is 1. The molecule has 8 nitrogen and oxygen atoms in total. The zero-order chi connectivity index (χ0) is 25.1. The molecule has 1 saturated heterocycles. The Balaban J connectivity index is 1.93. The molecule has 0 amide bonds. The second-order valence-electron chi connectivity index (χ2n) is 10.9. The van der Waals surface area contributed by atoms with E-state index >= 15 is 0 Å². The Hall–Kier alpha value is -1.13. The predicted molar refractivity (Wildman–Crippen MR) is 126 cm³/mol.